The molecule has 1 aromatic heterocycles. The van der Waals surface area contributed by atoms with Gasteiger partial charge in [0.05, 0.1) is 10.6 Å². The average Bonchev–Trinajstić information content (AvgIpc) is 2.07. The van der Waals surface area contributed by atoms with E-state index < -0.39 is 33.9 Å². The van der Waals surface area contributed by atoms with Crippen molar-refractivity contribution >= 4 is 28.4 Å². The second-order valence-electron chi connectivity index (χ2n) is 2.27. The molecule has 1 heterocycles. The Hall–Kier alpha value is -0.810. The number of hydrogen-bond donors (Lipinski definition) is 0. The summed E-state index contributed by atoms with van der Waals surface area (Å²) in [5.74, 6) is -1.45. The third-order valence-corrected chi connectivity index (χ3v) is 1.85. The average molecular weight is 244 g/mol. The SMILES string of the molecule is O=C(Cl)c1nc(F)c(C(F)F)cc1Cl. The lowest BCUT2D eigenvalue weighted by atomic mass is 10.2. The number of carbonyl (C=O) groups is 1. The summed E-state index contributed by atoms with van der Waals surface area (Å²) in [6, 6.07) is 0.629. The lowest BCUT2D eigenvalue weighted by Crippen LogP contribution is -2.02. The minimum absolute atomic E-state index is 0.401. The molecule has 0 radical (unpaired) electrons. The van der Waals surface area contributed by atoms with Gasteiger partial charge in [0, 0.05) is 0 Å². The van der Waals surface area contributed by atoms with E-state index in [1.54, 1.807) is 0 Å². The van der Waals surface area contributed by atoms with E-state index in [-0.39, 0.29) is 0 Å². The first-order valence-electron chi connectivity index (χ1n) is 3.27. The second-order valence-corrected chi connectivity index (χ2v) is 3.02. The number of pyridine rings is 1. The Kier molecular flexibility index (Phi) is 3.34. The maximum Gasteiger partial charge on any atom is 0.272 e. The van der Waals surface area contributed by atoms with Gasteiger partial charge in [-0.25, -0.2) is 13.8 Å². The zero-order chi connectivity index (χ0) is 10.9. The molecule has 0 aliphatic heterocycles. The summed E-state index contributed by atoms with van der Waals surface area (Å²) in [5.41, 5.74) is -1.54. The minimum atomic E-state index is -3.04. The smallest absolute Gasteiger partial charge is 0.272 e. The number of aromatic nitrogens is 1. The first kappa shape index (κ1) is 11.3. The van der Waals surface area contributed by atoms with E-state index in [0.29, 0.717) is 6.07 Å². The number of alkyl halides is 2. The Balaban J connectivity index is 3.31. The quantitative estimate of drug-likeness (QED) is 0.590. The van der Waals surface area contributed by atoms with Gasteiger partial charge < -0.3 is 0 Å². The molecule has 0 aliphatic carbocycles. The van der Waals surface area contributed by atoms with Gasteiger partial charge in [-0.1, -0.05) is 11.6 Å². The molecule has 1 aromatic rings. The van der Waals surface area contributed by atoms with Crippen LogP contribution in [0.15, 0.2) is 6.07 Å². The molecule has 0 unspecified atom stereocenters. The first-order valence-corrected chi connectivity index (χ1v) is 4.03. The summed E-state index contributed by atoms with van der Waals surface area (Å²) in [4.78, 5) is 13.5. The van der Waals surface area contributed by atoms with Gasteiger partial charge in [0.25, 0.3) is 11.7 Å². The van der Waals surface area contributed by atoms with Gasteiger partial charge in [-0.3, -0.25) is 4.79 Å². The van der Waals surface area contributed by atoms with Crippen LogP contribution in [0.3, 0.4) is 0 Å². The van der Waals surface area contributed by atoms with Crippen molar-refractivity contribution in [1.82, 2.24) is 4.98 Å². The highest BCUT2D eigenvalue weighted by atomic mass is 35.5. The predicted molar refractivity (Wildman–Crippen MR) is 44.3 cm³/mol. The van der Waals surface area contributed by atoms with Crippen molar-refractivity contribution in [3.05, 3.63) is 28.3 Å². The fourth-order valence-corrected chi connectivity index (χ4v) is 1.21. The zero-order valence-electron chi connectivity index (χ0n) is 6.40. The molecule has 1 rings (SSSR count). The van der Waals surface area contributed by atoms with E-state index in [1.165, 1.54) is 0 Å². The molecule has 0 spiro atoms. The van der Waals surface area contributed by atoms with Crippen LogP contribution in [-0.4, -0.2) is 10.2 Å². The second kappa shape index (κ2) is 4.14. The molecular weight excluding hydrogens is 242 g/mol. The summed E-state index contributed by atoms with van der Waals surface area (Å²) in [6.07, 6.45) is -3.04. The zero-order valence-corrected chi connectivity index (χ0v) is 7.91. The van der Waals surface area contributed by atoms with Gasteiger partial charge in [-0.05, 0) is 17.7 Å². The third-order valence-electron chi connectivity index (χ3n) is 1.38. The first-order chi connectivity index (χ1) is 6.43. The fraction of sp³-hybridized carbons (Fsp3) is 0.143. The molecular formula is C7H2Cl2F3NO. The van der Waals surface area contributed by atoms with Crippen molar-refractivity contribution in [2.24, 2.45) is 0 Å². The Morgan fingerprint density at radius 3 is 2.50 bits per heavy atom. The van der Waals surface area contributed by atoms with E-state index in [4.69, 9.17) is 23.2 Å². The highest BCUT2D eigenvalue weighted by molar-refractivity contribution is 6.68. The van der Waals surface area contributed by atoms with Crippen LogP contribution < -0.4 is 0 Å². The summed E-state index contributed by atoms with van der Waals surface area (Å²) in [5, 5.41) is -1.50. The van der Waals surface area contributed by atoms with Crippen molar-refractivity contribution in [2.45, 2.75) is 6.43 Å². The maximum atomic E-state index is 12.8. The molecule has 0 saturated heterocycles. The highest BCUT2D eigenvalue weighted by Crippen LogP contribution is 2.26. The van der Waals surface area contributed by atoms with Crippen molar-refractivity contribution in [1.29, 1.82) is 0 Å². The standard InChI is InChI=1S/C7H2Cl2F3NO/c8-3-1-2(6(10)11)7(12)13-4(3)5(9)14/h1,6H. The molecule has 0 saturated carbocycles. The highest BCUT2D eigenvalue weighted by Gasteiger charge is 2.20. The normalized spacial score (nSPS) is 10.7. The van der Waals surface area contributed by atoms with Crippen LogP contribution in [0.25, 0.3) is 0 Å². The lowest BCUT2D eigenvalue weighted by molar-refractivity contribution is 0.107. The van der Waals surface area contributed by atoms with Crippen LogP contribution in [0.1, 0.15) is 22.5 Å². The molecule has 0 amide bonds. The Morgan fingerprint density at radius 1 is 1.50 bits per heavy atom. The molecule has 0 N–H and O–H groups in total. The van der Waals surface area contributed by atoms with Crippen molar-refractivity contribution in [3.63, 3.8) is 0 Å². The third kappa shape index (κ3) is 2.16. The molecule has 0 aromatic carbocycles. The van der Waals surface area contributed by atoms with E-state index in [2.05, 4.69) is 4.98 Å². The monoisotopic (exact) mass is 243 g/mol. The summed E-state index contributed by atoms with van der Waals surface area (Å²) in [7, 11) is 0. The number of halogens is 5. The molecule has 0 bridgehead atoms. The van der Waals surface area contributed by atoms with Crippen LogP contribution in [0, 0.1) is 5.95 Å². The summed E-state index contributed by atoms with van der Waals surface area (Å²) >= 11 is 10.3. The molecule has 0 aliphatic rings. The molecule has 2 nitrogen and oxygen atoms in total. The van der Waals surface area contributed by atoms with E-state index in [9.17, 15) is 18.0 Å². The van der Waals surface area contributed by atoms with E-state index >= 15 is 0 Å². The maximum absolute atomic E-state index is 12.8. The van der Waals surface area contributed by atoms with Crippen LogP contribution in [0.2, 0.25) is 5.02 Å². The number of rotatable bonds is 2. The minimum Gasteiger partial charge on any atom is -0.274 e. The van der Waals surface area contributed by atoms with Gasteiger partial charge >= 0.3 is 0 Å². The van der Waals surface area contributed by atoms with Gasteiger partial charge in [0.2, 0.25) is 5.95 Å². The van der Waals surface area contributed by atoms with Crippen LogP contribution in [-0.2, 0) is 0 Å². The van der Waals surface area contributed by atoms with Crippen LogP contribution in [0.4, 0.5) is 13.2 Å². The van der Waals surface area contributed by atoms with E-state index in [1.807, 2.05) is 0 Å². The van der Waals surface area contributed by atoms with Gasteiger partial charge in [-0.2, -0.15) is 4.39 Å². The Bertz CT molecular complexity index is 383. The number of carbonyl (C=O) groups excluding carboxylic acids is 1. The number of hydrogen-bond acceptors (Lipinski definition) is 2. The summed E-state index contributed by atoms with van der Waals surface area (Å²) in [6.45, 7) is 0. The molecule has 0 fully saturated rings. The van der Waals surface area contributed by atoms with Crippen LogP contribution >= 0.6 is 23.2 Å². The molecule has 76 valence electrons. The molecule has 14 heavy (non-hydrogen) atoms. The van der Waals surface area contributed by atoms with Crippen molar-refractivity contribution < 1.29 is 18.0 Å². The predicted octanol–water partition coefficient (Wildman–Crippen LogP) is 3.19. The van der Waals surface area contributed by atoms with Gasteiger partial charge in [0.1, 0.15) is 5.69 Å². The Morgan fingerprint density at radius 2 is 2.07 bits per heavy atom. The Labute approximate surface area is 86.6 Å². The number of nitrogens with zero attached hydrogens (tertiary/aromatic N) is 1. The molecule has 0 atom stereocenters. The van der Waals surface area contributed by atoms with Crippen LogP contribution in [0.5, 0.6) is 0 Å². The van der Waals surface area contributed by atoms with Crippen molar-refractivity contribution in [3.8, 4) is 0 Å². The lowest BCUT2D eigenvalue weighted by Gasteiger charge is -2.03. The topological polar surface area (TPSA) is 30.0 Å². The fourth-order valence-electron chi connectivity index (χ4n) is 0.771. The largest absolute Gasteiger partial charge is 0.274 e. The van der Waals surface area contributed by atoms with Gasteiger partial charge in [-0.15, -0.1) is 0 Å². The molecule has 7 heteroatoms. The van der Waals surface area contributed by atoms with Gasteiger partial charge in [0.15, 0.2) is 0 Å². The summed E-state index contributed by atoms with van der Waals surface area (Å²) < 4.78 is 36.9. The van der Waals surface area contributed by atoms with Crippen molar-refractivity contribution in [2.75, 3.05) is 0 Å². The van der Waals surface area contributed by atoms with E-state index in [0.717, 1.165) is 0 Å².